The zero-order valence-corrected chi connectivity index (χ0v) is 13.7. The van der Waals surface area contributed by atoms with Crippen LogP contribution in [0.2, 0.25) is 0 Å². The van der Waals surface area contributed by atoms with Crippen molar-refractivity contribution in [2.24, 2.45) is 0 Å². The Hall–Kier alpha value is -0.370. The molecule has 2 N–H and O–H groups in total. The average molecular weight is 351 g/mol. The molecule has 0 radical (unpaired) electrons. The second-order valence-corrected chi connectivity index (χ2v) is 8.23. The predicted molar refractivity (Wildman–Crippen MR) is 76.3 cm³/mol. The minimum Gasteiger partial charge on any atom is -0.452 e. The summed E-state index contributed by atoms with van der Waals surface area (Å²) in [6.07, 6.45) is 2.36. The van der Waals surface area contributed by atoms with Crippen LogP contribution in [0, 0.1) is 0 Å². The molecule has 7 heteroatoms. The highest BCUT2D eigenvalue weighted by Crippen LogP contribution is 2.28. The van der Waals surface area contributed by atoms with Crippen molar-refractivity contribution in [3.63, 3.8) is 0 Å². The van der Waals surface area contributed by atoms with Crippen LogP contribution in [0.1, 0.15) is 39.4 Å². The minimum absolute atomic E-state index is 0.148. The van der Waals surface area contributed by atoms with Crippen LogP contribution in [0.3, 0.4) is 0 Å². The minimum atomic E-state index is -3.57. The Morgan fingerprint density at radius 2 is 2.05 bits per heavy atom. The van der Waals surface area contributed by atoms with Gasteiger partial charge in [-0.1, -0.05) is 0 Å². The first-order chi connectivity index (χ1) is 8.67. The van der Waals surface area contributed by atoms with Gasteiger partial charge in [-0.25, -0.2) is 13.1 Å². The molecule has 0 atom stereocenters. The van der Waals surface area contributed by atoms with E-state index in [0.29, 0.717) is 18.3 Å². The van der Waals surface area contributed by atoms with Crippen molar-refractivity contribution in [1.82, 2.24) is 10.0 Å². The molecule has 1 saturated carbocycles. The first-order valence-corrected chi connectivity index (χ1v) is 8.50. The van der Waals surface area contributed by atoms with E-state index in [1.165, 1.54) is 12.8 Å². The van der Waals surface area contributed by atoms with E-state index in [1.807, 2.05) is 0 Å². The molecule has 0 amide bonds. The molecule has 0 saturated heterocycles. The molecule has 1 aliphatic rings. The van der Waals surface area contributed by atoms with Gasteiger partial charge in [0.05, 0.1) is 6.54 Å². The Kier molecular flexibility index (Phi) is 4.11. The van der Waals surface area contributed by atoms with Gasteiger partial charge in [0.15, 0.2) is 4.67 Å². The summed E-state index contributed by atoms with van der Waals surface area (Å²) in [4.78, 5) is 0.148. The topological polar surface area (TPSA) is 71.3 Å². The van der Waals surface area contributed by atoms with E-state index < -0.39 is 15.6 Å². The van der Waals surface area contributed by atoms with E-state index in [-0.39, 0.29) is 9.56 Å². The van der Waals surface area contributed by atoms with Crippen molar-refractivity contribution in [1.29, 1.82) is 0 Å². The number of halogens is 1. The van der Waals surface area contributed by atoms with Gasteiger partial charge in [-0.05, 0) is 49.5 Å². The highest BCUT2D eigenvalue weighted by atomic mass is 79.9. The van der Waals surface area contributed by atoms with E-state index in [2.05, 4.69) is 26.0 Å². The third-order valence-electron chi connectivity index (χ3n) is 2.58. The van der Waals surface area contributed by atoms with Gasteiger partial charge in [0, 0.05) is 17.6 Å². The Bertz CT molecular complexity index is 556. The first-order valence-electron chi connectivity index (χ1n) is 6.23. The molecule has 0 aliphatic heterocycles. The second kappa shape index (κ2) is 5.20. The summed E-state index contributed by atoms with van der Waals surface area (Å²) in [6.45, 7) is 5.95. The summed E-state index contributed by atoms with van der Waals surface area (Å²) in [6, 6.07) is 2.12. The van der Waals surface area contributed by atoms with E-state index in [0.717, 1.165) is 0 Å². The third-order valence-corrected chi connectivity index (χ3v) is 5.19. The van der Waals surface area contributed by atoms with E-state index in [1.54, 1.807) is 26.8 Å². The smallest absolute Gasteiger partial charge is 0.245 e. The molecule has 1 fully saturated rings. The van der Waals surface area contributed by atoms with Crippen molar-refractivity contribution in [3.8, 4) is 0 Å². The van der Waals surface area contributed by atoms with Crippen molar-refractivity contribution in [2.75, 3.05) is 0 Å². The number of rotatable bonds is 5. The van der Waals surface area contributed by atoms with Gasteiger partial charge in [-0.2, -0.15) is 0 Å². The van der Waals surface area contributed by atoms with Crippen LogP contribution in [0.5, 0.6) is 0 Å². The van der Waals surface area contributed by atoms with Crippen LogP contribution in [0.25, 0.3) is 0 Å². The molecule has 1 aromatic heterocycles. The van der Waals surface area contributed by atoms with Gasteiger partial charge in [0.2, 0.25) is 10.0 Å². The quantitative estimate of drug-likeness (QED) is 0.854. The monoisotopic (exact) mass is 350 g/mol. The van der Waals surface area contributed by atoms with Crippen LogP contribution in [-0.2, 0) is 16.6 Å². The molecule has 0 bridgehead atoms. The lowest BCUT2D eigenvalue weighted by Gasteiger charge is -2.19. The van der Waals surface area contributed by atoms with Crippen molar-refractivity contribution in [3.05, 3.63) is 16.5 Å². The number of hydrogen-bond donors (Lipinski definition) is 2. The highest BCUT2D eigenvalue weighted by Gasteiger charge is 2.27. The second-order valence-electron chi connectivity index (χ2n) is 5.86. The van der Waals surface area contributed by atoms with Crippen molar-refractivity contribution >= 4 is 26.0 Å². The van der Waals surface area contributed by atoms with Gasteiger partial charge in [-0.15, -0.1) is 0 Å². The fraction of sp³-hybridized carbons (Fsp3) is 0.667. The molecule has 1 heterocycles. The lowest BCUT2D eigenvalue weighted by Crippen LogP contribution is -2.40. The summed E-state index contributed by atoms with van der Waals surface area (Å²) in [7, 11) is -3.57. The van der Waals surface area contributed by atoms with Gasteiger partial charge in [0.1, 0.15) is 10.7 Å². The molecule has 1 aromatic rings. The number of sulfonamides is 1. The Morgan fingerprint density at radius 1 is 1.42 bits per heavy atom. The van der Waals surface area contributed by atoms with Gasteiger partial charge < -0.3 is 9.73 Å². The maximum Gasteiger partial charge on any atom is 0.245 e. The Morgan fingerprint density at radius 3 is 2.58 bits per heavy atom. The molecule has 108 valence electrons. The molecule has 1 aliphatic carbocycles. The third kappa shape index (κ3) is 4.30. The number of hydrogen-bond acceptors (Lipinski definition) is 4. The normalized spacial score (nSPS) is 16.8. The number of nitrogens with one attached hydrogen (secondary N) is 2. The Balaban J connectivity index is 2.14. The fourth-order valence-corrected chi connectivity index (χ4v) is 4.08. The fourth-order valence-electron chi connectivity index (χ4n) is 1.66. The van der Waals surface area contributed by atoms with E-state index in [4.69, 9.17) is 4.42 Å². The van der Waals surface area contributed by atoms with Crippen LogP contribution in [0.15, 0.2) is 20.0 Å². The molecule has 0 spiro atoms. The Labute approximate surface area is 122 Å². The summed E-state index contributed by atoms with van der Waals surface area (Å²) in [5.74, 6) is 0.619. The zero-order valence-electron chi connectivity index (χ0n) is 11.3. The SMILES string of the molecule is CC(C)(C)NS(=O)(=O)c1cc(CNC2CC2)oc1Br. The largest absolute Gasteiger partial charge is 0.452 e. The van der Waals surface area contributed by atoms with Crippen molar-refractivity contribution in [2.45, 2.75) is 56.6 Å². The molecular weight excluding hydrogens is 332 g/mol. The molecular formula is C12H19BrN2O3S. The lowest BCUT2D eigenvalue weighted by molar-refractivity contribution is 0.458. The average Bonchev–Trinajstić information content (AvgIpc) is 2.95. The van der Waals surface area contributed by atoms with E-state index in [9.17, 15) is 8.42 Å². The van der Waals surface area contributed by atoms with Crippen LogP contribution in [0.4, 0.5) is 0 Å². The maximum absolute atomic E-state index is 12.2. The molecule has 0 aromatic carbocycles. The van der Waals surface area contributed by atoms with Gasteiger partial charge >= 0.3 is 0 Å². The summed E-state index contributed by atoms with van der Waals surface area (Å²) < 4.78 is 32.7. The first kappa shape index (κ1) is 15.0. The molecule has 5 nitrogen and oxygen atoms in total. The van der Waals surface area contributed by atoms with Crippen molar-refractivity contribution < 1.29 is 12.8 Å². The molecule has 0 unspecified atom stereocenters. The van der Waals surface area contributed by atoms with Crippen LogP contribution >= 0.6 is 15.9 Å². The van der Waals surface area contributed by atoms with Crippen LogP contribution in [-0.4, -0.2) is 20.0 Å². The maximum atomic E-state index is 12.2. The molecule has 19 heavy (non-hydrogen) atoms. The number of furan rings is 1. The summed E-state index contributed by atoms with van der Waals surface area (Å²) >= 11 is 3.17. The van der Waals surface area contributed by atoms with Gasteiger partial charge in [0.25, 0.3) is 0 Å². The van der Waals surface area contributed by atoms with E-state index >= 15 is 0 Å². The van der Waals surface area contributed by atoms with Gasteiger partial charge in [-0.3, -0.25) is 0 Å². The predicted octanol–water partition coefficient (Wildman–Crippen LogP) is 2.37. The lowest BCUT2D eigenvalue weighted by atomic mass is 10.1. The highest BCUT2D eigenvalue weighted by molar-refractivity contribution is 9.10. The standard InChI is InChI=1S/C12H19BrN2O3S/c1-12(2,3)15-19(16,17)10-6-9(18-11(10)13)7-14-8-4-5-8/h6,8,14-15H,4-5,7H2,1-3H3. The molecule has 2 rings (SSSR count). The van der Waals surface area contributed by atoms with Crippen LogP contribution < -0.4 is 10.0 Å². The summed E-state index contributed by atoms with van der Waals surface area (Å²) in [5.41, 5.74) is -0.526. The zero-order chi connectivity index (χ0) is 14.3. The summed E-state index contributed by atoms with van der Waals surface area (Å²) in [5, 5.41) is 3.28.